The highest BCUT2D eigenvalue weighted by molar-refractivity contribution is 6.35. The van der Waals surface area contributed by atoms with Crippen LogP contribution in [-0.4, -0.2) is 16.7 Å². The van der Waals surface area contributed by atoms with Crippen molar-refractivity contribution < 1.29 is 13.9 Å². The van der Waals surface area contributed by atoms with Crippen LogP contribution in [0, 0.1) is 5.82 Å². The third kappa shape index (κ3) is 3.42. The Morgan fingerprint density at radius 2 is 2.15 bits per heavy atom. The monoisotopic (exact) mass is 298 g/mol. The third-order valence-electron chi connectivity index (χ3n) is 2.62. The van der Waals surface area contributed by atoms with Crippen LogP contribution in [0.2, 0.25) is 5.02 Å². The van der Waals surface area contributed by atoms with Crippen molar-refractivity contribution in [3.8, 4) is 0 Å². The highest BCUT2D eigenvalue weighted by Crippen LogP contribution is 2.25. The Kier molecular flexibility index (Phi) is 3.90. The maximum Gasteiger partial charge on any atom is 0.407 e. The van der Waals surface area contributed by atoms with E-state index in [0.717, 1.165) is 0 Å². The second-order valence-electron chi connectivity index (χ2n) is 5.48. The van der Waals surface area contributed by atoms with Gasteiger partial charge in [-0.1, -0.05) is 11.6 Å². The number of ether oxygens (including phenoxy) is 1. The van der Waals surface area contributed by atoms with Crippen LogP contribution in [-0.2, 0) is 11.3 Å². The molecule has 0 unspecified atom stereocenters. The molecule has 1 aromatic carbocycles. The predicted molar refractivity (Wildman–Crippen MR) is 76.3 cm³/mol. The molecule has 0 aliphatic carbocycles. The van der Waals surface area contributed by atoms with E-state index in [1.54, 1.807) is 33.0 Å². The van der Waals surface area contributed by atoms with Gasteiger partial charge in [0, 0.05) is 29.2 Å². The Morgan fingerprint density at radius 3 is 2.80 bits per heavy atom. The molecule has 2 rings (SSSR count). The van der Waals surface area contributed by atoms with Gasteiger partial charge in [-0.05, 0) is 32.9 Å². The van der Waals surface area contributed by atoms with E-state index >= 15 is 0 Å². The van der Waals surface area contributed by atoms with Crippen molar-refractivity contribution in [2.45, 2.75) is 32.9 Å². The number of benzene rings is 1. The summed E-state index contributed by atoms with van der Waals surface area (Å²) in [7, 11) is 0. The van der Waals surface area contributed by atoms with E-state index in [-0.39, 0.29) is 6.54 Å². The van der Waals surface area contributed by atoms with E-state index in [1.807, 2.05) is 0 Å². The van der Waals surface area contributed by atoms with Crippen molar-refractivity contribution in [3.63, 3.8) is 0 Å². The average molecular weight is 299 g/mol. The van der Waals surface area contributed by atoms with E-state index in [4.69, 9.17) is 16.3 Å². The first-order chi connectivity index (χ1) is 9.26. The van der Waals surface area contributed by atoms with Crippen LogP contribution in [0.3, 0.4) is 0 Å². The van der Waals surface area contributed by atoms with Gasteiger partial charge in [0.25, 0.3) is 0 Å². The van der Waals surface area contributed by atoms with Crippen LogP contribution >= 0.6 is 11.6 Å². The van der Waals surface area contributed by atoms with Gasteiger partial charge in [-0.2, -0.15) is 0 Å². The molecule has 0 radical (unpaired) electrons. The van der Waals surface area contributed by atoms with Crippen LogP contribution < -0.4 is 5.32 Å². The zero-order valence-corrected chi connectivity index (χ0v) is 12.3. The Labute approximate surface area is 121 Å². The fraction of sp³-hybridized carbons (Fsp3) is 0.357. The number of alkyl carbamates (subject to hydrolysis) is 1. The summed E-state index contributed by atoms with van der Waals surface area (Å²) in [6.45, 7) is 5.33. The van der Waals surface area contributed by atoms with Crippen molar-refractivity contribution >= 4 is 28.6 Å². The lowest BCUT2D eigenvalue weighted by Gasteiger charge is -2.19. The topological polar surface area (TPSA) is 54.1 Å². The summed E-state index contributed by atoms with van der Waals surface area (Å²) < 4.78 is 19.0. The minimum absolute atomic E-state index is 0.0399. The Morgan fingerprint density at radius 1 is 1.45 bits per heavy atom. The number of nitrogens with one attached hydrogen (secondary N) is 2. The summed E-state index contributed by atoms with van der Waals surface area (Å²) >= 11 is 5.98. The zero-order valence-electron chi connectivity index (χ0n) is 11.5. The Bertz CT molecular complexity index is 646. The molecule has 4 nitrogen and oxygen atoms in total. The fourth-order valence-electron chi connectivity index (χ4n) is 1.77. The van der Waals surface area contributed by atoms with Crippen molar-refractivity contribution in [2.75, 3.05) is 0 Å². The first-order valence-corrected chi connectivity index (χ1v) is 6.56. The van der Waals surface area contributed by atoms with Crippen molar-refractivity contribution in [3.05, 3.63) is 34.7 Å². The third-order valence-corrected chi connectivity index (χ3v) is 2.93. The van der Waals surface area contributed by atoms with Crippen LogP contribution in [0.4, 0.5) is 9.18 Å². The van der Waals surface area contributed by atoms with Gasteiger partial charge in [0.15, 0.2) is 0 Å². The molecule has 0 bridgehead atoms. The molecule has 20 heavy (non-hydrogen) atoms. The molecule has 0 atom stereocenters. The second-order valence-corrected chi connectivity index (χ2v) is 5.89. The maximum absolute atomic E-state index is 13.9. The van der Waals surface area contributed by atoms with Gasteiger partial charge in [0.05, 0.1) is 5.02 Å². The number of rotatable bonds is 2. The van der Waals surface area contributed by atoms with Crippen molar-refractivity contribution in [1.82, 2.24) is 10.3 Å². The minimum Gasteiger partial charge on any atom is -0.444 e. The van der Waals surface area contributed by atoms with Gasteiger partial charge in [0.1, 0.15) is 11.4 Å². The SMILES string of the molecule is CC(C)(C)OC(=O)NCc1cc2c(Cl)c[nH]c2cc1F. The summed E-state index contributed by atoms with van der Waals surface area (Å²) in [4.78, 5) is 14.4. The highest BCUT2D eigenvalue weighted by Gasteiger charge is 2.16. The molecular formula is C14H16ClFN2O2. The van der Waals surface area contributed by atoms with Crippen LogP contribution in [0.15, 0.2) is 18.3 Å². The number of amides is 1. The number of carbonyl (C=O) groups is 1. The van der Waals surface area contributed by atoms with Gasteiger partial charge < -0.3 is 15.0 Å². The molecule has 1 aromatic heterocycles. The van der Waals surface area contributed by atoms with Gasteiger partial charge >= 0.3 is 6.09 Å². The number of H-pyrrole nitrogens is 1. The van der Waals surface area contributed by atoms with Crippen molar-refractivity contribution in [2.24, 2.45) is 0 Å². The molecule has 0 aliphatic rings. The first-order valence-electron chi connectivity index (χ1n) is 6.18. The molecule has 0 saturated heterocycles. The lowest BCUT2D eigenvalue weighted by Crippen LogP contribution is -2.32. The maximum atomic E-state index is 13.9. The van der Waals surface area contributed by atoms with Gasteiger partial charge in [-0.15, -0.1) is 0 Å². The Balaban J connectivity index is 2.11. The summed E-state index contributed by atoms with van der Waals surface area (Å²) in [6, 6.07) is 2.97. The first kappa shape index (κ1) is 14.7. The predicted octanol–water partition coefficient (Wildman–Crippen LogP) is 3.99. The lowest BCUT2D eigenvalue weighted by molar-refractivity contribution is 0.0523. The molecule has 2 N–H and O–H groups in total. The summed E-state index contributed by atoms with van der Waals surface area (Å²) in [5.74, 6) is -0.410. The molecule has 2 aromatic rings. The van der Waals surface area contributed by atoms with Gasteiger partial charge in [-0.25, -0.2) is 9.18 Å². The number of hydrogen-bond donors (Lipinski definition) is 2. The van der Waals surface area contributed by atoms with E-state index in [0.29, 0.717) is 21.5 Å². The number of aromatic amines is 1. The van der Waals surface area contributed by atoms with Crippen molar-refractivity contribution in [1.29, 1.82) is 0 Å². The molecule has 0 aliphatic heterocycles. The molecule has 1 heterocycles. The molecular weight excluding hydrogens is 283 g/mol. The number of carbonyl (C=O) groups excluding carboxylic acids is 1. The van der Waals surface area contributed by atoms with Gasteiger partial charge in [-0.3, -0.25) is 0 Å². The van der Waals surface area contributed by atoms with E-state index in [2.05, 4.69) is 10.3 Å². The van der Waals surface area contributed by atoms with Crippen LogP contribution in [0.25, 0.3) is 10.9 Å². The number of aromatic nitrogens is 1. The molecule has 0 spiro atoms. The fourth-order valence-corrected chi connectivity index (χ4v) is 1.98. The van der Waals surface area contributed by atoms with E-state index < -0.39 is 17.5 Å². The largest absolute Gasteiger partial charge is 0.444 e. The molecule has 0 saturated carbocycles. The van der Waals surface area contributed by atoms with E-state index in [9.17, 15) is 9.18 Å². The normalized spacial score (nSPS) is 11.7. The molecule has 108 valence electrons. The second kappa shape index (κ2) is 5.32. The minimum atomic E-state index is -0.587. The van der Waals surface area contributed by atoms with E-state index in [1.165, 1.54) is 6.07 Å². The summed E-state index contributed by atoms with van der Waals surface area (Å²) in [6.07, 6.45) is 1.01. The molecule has 6 heteroatoms. The van der Waals surface area contributed by atoms with Gasteiger partial charge in [0.2, 0.25) is 0 Å². The van der Waals surface area contributed by atoms with Crippen LogP contribution in [0.1, 0.15) is 26.3 Å². The quantitative estimate of drug-likeness (QED) is 0.881. The Hall–Kier alpha value is -1.75. The highest BCUT2D eigenvalue weighted by atomic mass is 35.5. The smallest absolute Gasteiger partial charge is 0.407 e. The summed E-state index contributed by atoms with van der Waals surface area (Å²) in [5, 5.41) is 3.75. The molecule has 0 fully saturated rings. The molecule has 1 amide bonds. The van der Waals surface area contributed by atoms with Crippen LogP contribution in [0.5, 0.6) is 0 Å². The number of halogens is 2. The lowest BCUT2D eigenvalue weighted by atomic mass is 10.1. The average Bonchev–Trinajstić information content (AvgIpc) is 2.65. The summed E-state index contributed by atoms with van der Waals surface area (Å²) in [5.41, 5.74) is 0.384. The number of hydrogen-bond acceptors (Lipinski definition) is 2. The standard InChI is InChI=1S/C14H16ClFN2O2/c1-14(2,3)20-13(19)18-6-8-4-9-10(15)7-17-12(9)5-11(8)16/h4-5,7,17H,6H2,1-3H3,(H,18,19). The number of fused-ring (bicyclic) bond motifs is 1. The zero-order chi connectivity index (χ0) is 14.9.